The van der Waals surface area contributed by atoms with Crippen LogP contribution < -0.4 is 4.74 Å². The molecule has 0 aliphatic rings. The Morgan fingerprint density at radius 2 is 1.95 bits per heavy atom. The van der Waals surface area contributed by atoms with Crippen LogP contribution in [0.4, 0.5) is 4.39 Å². The molecule has 0 fully saturated rings. The minimum atomic E-state index is -1.01. The molecule has 0 spiro atoms. The Morgan fingerprint density at radius 1 is 1.21 bits per heavy atom. The Balaban J connectivity index is 2.44. The van der Waals surface area contributed by atoms with E-state index >= 15 is 0 Å². The van der Waals surface area contributed by atoms with Crippen molar-refractivity contribution in [3.8, 4) is 5.75 Å². The number of halogens is 2. The maximum Gasteiger partial charge on any atom is 0.132 e. The number of aryl methyl sites for hydroxylation is 1. The Labute approximate surface area is 120 Å². The number of aliphatic hydroxyl groups excluding tert-OH is 1. The number of methoxy groups -OCH3 is 1. The first-order valence-corrected chi connectivity index (χ1v) is 6.60. The lowest BCUT2D eigenvalue weighted by Gasteiger charge is -2.15. The van der Waals surface area contributed by atoms with Gasteiger partial charge in [-0.3, -0.25) is 0 Å². The quantitative estimate of drug-likeness (QED) is 0.925. The molecular weight excluding hydrogens is 311 g/mol. The molecule has 0 saturated heterocycles. The van der Waals surface area contributed by atoms with Gasteiger partial charge in [0.25, 0.3) is 0 Å². The first kappa shape index (κ1) is 14.0. The van der Waals surface area contributed by atoms with Crippen LogP contribution in [-0.2, 0) is 0 Å². The van der Waals surface area contributed by atoms with E-state index in [1.54, 1.807) is 50.4 Å². The Hall–Kier alpha value is -1.39. The molecule has 0 amide bonds. The highest BCUT2D eigenvalue weighted by molar-refractivity contribution is 9.10. The zero-order valence-corrected chi connectivity index (χ0v) is 12.2. The van der Waals surface area contributed by atoms with Crippen LogP contribution in [0.25, 0.3) is 0 Å². The van der Waals surface area contributed by atoms with Crippen molar-refractivity contribution in [3.63, 3.8) is 0 Å². The standard InChI is InChI=1S/C15H14BrFO2/c1-9-4-3-5-12(14(9)17)15(18)11-7-6-10(19-2)8-13(11)16/h3-8,15,18H,1-2H3. The van der Waals surface area contributed by atoms with Crippen molar-refractivity contribution in [2.45, 2.75) is 13.0 Å². The second kappa shape index (κ2) is 5.72. The summed E-state index contributed by atoms with van der Waals surface area (Å²) >= 11 is 3.37. The lowest BCUT2D eigenvalue weighted by molar-refractivity contribution is 0.214. The molecule has 2 aromatic carbocycles. The van der Waals surface area contributed by atoms with Gasteiger partial charge in [0, 0.05) is 10.0 Å². The Bertz CT molecular complexity index is 599. The summed E-state index contributed by atoms with van der Waals surface area (Å²) in [6.07, 6.45) is -1.01. The van der Waals surface area contributed by atoms with Crippen molar-refractivity contribution in [3.05, 3.63) is 63.4 Å². The zero-order chi connectivity index (χ0) is 14.0. The van der Waals surface area contributed by atoms with Crippen molar-refractivity contribution in [1.82, 2.24) is 0 Å². The second-order valence-electron chi connectivity index (χ2n) is 4.27. The highest BCUT2D eigenvalue weighted by Gasteiger charge is 2.18. The third kappa shape index (κ3) is 2.80. The largest absolute Gasteiger partial charge is 0.497 e. The predicted molar refractivity (Wildman–Crippen MR) is 75.9 cm³/mol. The highest BCUT2D eigenvalue weighted by atomic mass is 79.9. The molecule has 2 aromatic rings. The molecular formula is C15H14BrFO2. The van der Waals surface area contributed by atoms with E-state index in [2.05, 4.69) is 15.9 Å². The fourth-order valence-corrected chi connectivity index (χ4v) is 2.48. The maximum atomic E-state index is 14.0. The molecule has 1 unspecified atom stereocenters. The first-order chi connectivity index (χ1) is 9.04. The molecule has 4 heteroatoms. The Morgan fingerprint density at radius 3 is 2.58 bits per heavy atom. The van der Waals surface area contributed by atoms with Gasteiger partial charge in [0.05, 0.1) is 7.11 Å². The normalized spacial score (nSPS) is 12.3. The number of benzene rings is 2. The molecule has 19 heavy (non-hydrogen) atoms. The molecule has 1 N–H and O–H groups in total. The lowest BCUT2D eigenvalue weighted by Crippen LogP contribution is -2.04. The summed E-state index contributed by atoms with van der Waals surface area (Å²) < 4.78 is 19.8. The summed E-state index contributed by atoms with van der Waals surface area (Å²) in [4.78, 5) is 0. The van der Waals surface area contributed by atoms with Crippen LogP contribution in [0.15, 0.2) is 40.9 Å². The number of hydrogen-bond acceptors (Lipinski definition) is 2. The SMILES string of the molecule is COc1ccc(C(O)c2cccc(C)c2F)c(Br)c1. The van der Waals surface area contributed by atoms with Gasteiger partial charge < -0.3 is 9.84 Å². The minimum absolute atomic E-state index is 0.269. The summed E-state index contributed by atoms with van der Waals surface area (Å²) in [7, 11) is 1.57. The van der Waals surface area contributed by atoms with Crippen LogP contribution >= 0.6 is 15.9 Å². The van der Waals surface area contributed by atoms with Gasteiger partial charge in [0.2, 0.25) is 0 Å². The van der Waals surface area contributed by atoms with Crippen molar-refractivity contribution < 1.29 is 14.2 Å². The van der Waals surface area contributed by atoms with E-state index in [1.807, 2.05) is 0 Å². The molecule has 2 nitrogen and oxygen atoms in total. The molecule has 0 saturated carbocycles. The summed E-state index contributed by atoms with van der Waals surface area (Å²) in [5, 5.41) is 10.3. The van der Waals surface area contributed by atoms with E-state index in [9.17, 15) is 9.50 Å². The van der Waals surface area contributed by atoms with E-state index in [4.69, 9.17) is 4.74 Å². The van der Waals surface area contributed by atoms with Crippen LogP contribution in [-0.4, -0.2) is 12.2 Å². The topological polar surface area (TPSA) is 29.5 Å². The first-order valence-electron chi connectivity index (χ1n) is 5.81. The molecule has 1 atom stereocenters. The van der Waals surface area contributed by atoms with E-state index in [1.165, 1.54) is 0 Å². The van der Waals surface area contributed by atoms with E-state index in [0.717, 1.165) is 0 Å². The molecule has 0 aromatic heterocycles. The molecule has 0 aliphatic heterocycles. The van der Waals surface area contributed by atoms with Gasteiger partial charge in [-0.1, -0.05) is 40.2 Å². The van der Waals surface area contributed by atoms with E-state index in [-0.39, 0.29) is 11.4 Å². The fraction of sp³-hybridized carbons (Fsp3) is 0.200. The number of rotatable bonds is 3. The van der Waals surface area contributed by atoms with Gasteiger partial charge in [-0.05, 0) is 30.2 Å². The van der Waals surface area contributed by atoms with Gasteiger partial charge in [0.15, 0.2) is 0 Å². The monoisotopic (exact) mass is 324 g/mol. The summed E-state index contributed by atoms with van der Waals surface area (Å²) in [5.74, 6) is 0.297. The summed E-state index contributed by atoms with van der Waals surface area (Å²) in [5.41, 5.74) is 1.39. The summed E-state index contributed by atoms with van der Waals surface area (Å²) in [6, 6.07) is 10.2. The van der Waals surface area contributed by atoms with E-state index in [0.29, 0.717) is 21.3 Å². The van der Waals surface area contributed by atoms with Gasteiger partial charge in [0.1, 0.15) is 17.7 Å². The molecule has 0 aliphatic carbocycles. The van der Waals surface area contributed by atoms with Gasteiger partial charge >= 0.3 is 0 Å². The molecule has 0 bridgehead atoms. The smallest absolute Gasteiger partial charge is 0.132 e. The van der Waals surface area contributed by atoms with Gasteiger partial charge in [-0.25, -0.2) is 4.39 Å². The number of aliphatic hydroxyl groups is 1. The molecule has 0 heterocycles. The van der Waals surface area contributed by atoms with Gasteiger partial charge in [-0.15, -0.1) is 0 Å². The molecule has 0 radical (unpaired) electrons. The van der Waals surface area contributed by atoms with Crippen molar-refractivity contribution in [1.29, 1.82) is 0 Å². The lowest BCUT2D eigenvalue weighted by atomic mass is 9.99. The van der Waals surface area contributed by atoms with Crippen LogP contribution in [0.3, 0.4) is 0 Å². The molecule has 100 valence electrons. The van der Waals surface area contributed by atoms with Crippen LogP contribution in [0.2, 0.25) is 0 Å². The van der Waals surface area contributed by atoms with Crippen LogP contribution in [0.1, 0.15) is 22.8 Å². The second-order valence-corrected chi connectivity index (χ2v) is 5.12. The third-order valence-corrected chi connectivity index (χ3v) is 3.71. The molecule has 2 rings (SSSR count). The van der Waals surface area contributed by atoms with Gasteiger partial charge in [-0.2, -0.15) is 0 Å². The maximum absolute atomic E-state index is 14.0. The zero-order valence-electron chi connectivity index (χ0n) is 10.7. The van der Waals surface area contributed by atoms with Crippen LogP contribution in [0, 0.1) is 12.7 Å². The summed E-state index contributed by atoms with van der Waals surface area (Å²) in [6.45, 7) is 1.68. The highest BCUT2D eigenvalue weighted by Crippen LogP contribution is 2.32. The Kier molecular flexibility index (Phi) is 4.22. The fourth-order valence-electron chi connectivity index (χ4n) is 1.91. The van der Waals surface area contributed by atoms with Crippen molar-refractivity contribution in [2.75, 3.05) is 7.11 Å². The van der Waals surface area contributed by atoms with Crippen molar-refractivity contribution in [2.24, 2.45) is 0 Å². The number of ether oxygens (including phenoxy) is 1. The average Bonchev–Trinajstić information content (AvgIpc) is 2.41. The van der Waals surface area contributed by atoms with Crippen LogP contribution in [0.5, 0.6) is 5.75 Å². The third-order valence-electron chi connectivity index (χ3n) is 3.02. The average molecular weight is 325 g/mol. The minimum Gasteiger partial charge on any atom is -0.497 e. The number of hydrogen-bond donors (Lipinski definition) is 1. The predicted octanol–water partition coefficient (Wildman–Crippen LogP) is 3.99. The van der Waals surface area contributed by atoms with E-state index < -0.39 is 6.10 Å². The van der Waals surface area contributed by atoms with Crippen molar-refractivity contribution >= 4 is 15.9 Å².